The van der Waals surface area contributed by atoms with E-state index >= 15 is 0 Å². The molecule has 3 heterocycles. The Labute approximate surface area is 205 Å². The third-order valence-corrected chi connectivity index (χ3v) is 5.40. The van der Waals surface area contributed by atoms with Crippen LogP contribution in [-0.2, 0) is 43.8 Å². The molecular formula is C22H34CuN7O3. The predicted octanol–water partition coefficient (Wildman–Crippen LogP) is 3.79. The molecule has 0 radical (unpaired) electrons. The summed E-state index contributed by atoms with van der Waals surface area (Å²) in [6.07, 6.45) is 5.67. The van der Waals surface area contributed by atoms with Gasteiger partial charge in [-0.2, -0.15) is 0 Å². The van der Waals surface area contributed by atoms with Gasteiger partial charge in [-0.25, -0.2) is 15.0 Å². The first-order chi connectivity index (χ1) is 14.9. The second-order valence-corrected chi connectivity index (χ2v) is 9.03. The minimum atomic E-state index is -1.53. The number of aryl methyl sites for hydroxylation is 3. The van der Waals surface area contributed by atoms with Crippen molar-refractivity contribution in [1.29, 1.82) is 0 Å². The Morgan fingerprint density at radius 1 is 0.758 bits per heavy atom. The van der Waals surface area contributed by atoms with Gasteiger partial charge in [0.15, 0.2) is 5.60 Å². The van der Waals surface area contributed by atoms with Crippen molar-refractivity contribution in [2.75, 3.05) is 0 Å². The average molecular weight is 508 g/mol. The van der Waals surface area contributed by atoms with Gasteiger partial charge in [-0.3, -0.25) is 0 Å². The zero-order valence-corrected chi connectivity index (χ0v) is 21.6. The van der Waals surface area contributed by atoms with Crippen molar-refractivity contribution in [2.45, 2.75) is 64.9 Å². The average Bonchev–Trinajstić information content (AvgIpc) is 3.38. The third-order valence-electron chi connectivity index (χ3n) is 5.40. The standard InChI is InChI=1S/C22H34N6O.Cu.HNO2/c1-13(2)19-23-16(10-26(19)7)22(29,17-11-27(8)20(24-17)14(3)4)18-12-28(9)21(25-18)15(5)6;;2-1-3/h10-15,29H,1-9H3;;(H,2,3)/q;+1;/p-1. The monoisotopic (exact) mass is 507 g/mol. The summed E-state index contributed by atoms with van der Waals surface area (Å²) in [5.41, 5.74) is 0.113. The maximum absolute atomic E-state index is 12.2. The Morgan fingerprint density at radius 3 is 1.12 bits per heavy atom. The molecule has 186 valence electrons. The van der Waals surface area contributed by atoms with Gasteiger partial charge in [-0.05, 0) is 0 Å². The van der Waals surface area contributed by atoms with E-state index in [1.165, 1.54) is 0 Å². The van der Waals surface area contributed by atoms with Crippen molar-refractivity contribution in [3.63, 3.8) is 0 Å². The molecular weight excluding hydrogens is 474 g/mol. The number of rotatable bonds is 6. The Hall–Kier alpha value is -2.49. The van der Waals surface area contributed by atoms with Gasteiger partial charge in [0.2, 0.25) is 0 Å². The fourth-order valence-corrected chi connectivity index (χ4v) is 3.97. The van der Waals surface area contributed by atoms with Crippen LogP contribution in [0.4, 0.5) is 0 Å². The molecule has 0 aliphatic carbocycles. The van der Waals surface area contributed by atoms with E-state index in [1.54, 1.807) is 0 Å². The van der Waals surface area contributed by atoms with E-state index in [-0.39, 0.29) is 34.8 Å². The van der Waals surface area contributed by atoms with Gasteiger partial charge in [0.05, 0.1) is 0 Å². The molecule has 0 unspecified atom stereocenters. The van der Waals surface area contributed by atoms with Crippen molar-refractivity contribution < 1.29 is 22.2 Å². The largest absolute Gasteiger partial charge is 1.00 e. The first-order valence-corrected chi connectivity index (χ1v) is 10.7. The van der Waals surface area contributed by atoms with Crippen LogP contribution in [-0.4, -0.2) is 33.8 Å². The first kappa shape index (κ1) is 28.5. The van der Waals surface area contributed by atoms with Crippen LogP contribution in [0.1, 0.15) is 93.9 Å². The molecule has 0 fully saturated rings. The summed E-state index contributed by atoms with van der Waals surface area (Å²) in [7, 11) is 5.88. The van der Waals surface area contributed by atoms with E-state index in [9.17, 15) is 5.11 Å². The minimum Gasteiger partial charge on any atom is -0.444 e. The van der Waals surface area contributed by atoms with Crippen LogP contribution in [0.5, 0.6) is 0 Å². The number of imidazole rings is 3. The van der Waals surface area contributed by atoms with Crippen molar-refractivity contribution in [1.82, 2.24) is 28.7 Å². The zero-order valence-electron chi connectivity index (χ0n) is 20.7. The van der Waals surface area contributed by atoms with Crippen LogP contribution < -0.4 is 0 Å². The van der Waals surface area contributed by atoms with Crippen molar-refractivity contribution in [2.24, 2.45) is 26.5 Å². The van der Waals surface area contributed by atoms with Gasteiger partial charge in [0.1, 0.15) is 34.6 Å². The SMILES string of the molecule is CC(C)c1nc(C(O)(c2cn(C)c(C(C)C)n2)c2cn(C)c(C(C)C)n2)cn1C.O=N[O-].[Cu+]. The van der Waals surface area contributed by atoms with Crippen molar-refractivity contribution >= 4 is 0 Å². The maximum atomic E-state index is 12.2. The van der Waals surface area contributed by atoms with Gasteiger partial charge in [0.25, 0.3) is 0 Å². The van der Waals surface area contributed by atoms with Gasteiger partial charge >= 0.3 is 17.1 Å². The van der Waals surface area contributed by atoms with Gasteiger partial charge in [0, 0.05) is 57.5 Å². The Kier molecular flexibility index (Phi) is 9.59. The number of aliphatic hydroxyl groups is 1. The van der Waals surface area contributed by atoms with Crippen molar-refractivity contribution in [3.05, 3.63) is 63.3 Å². The smallest absolute Gasteiger partial charge is 0.444 e. The van der Waals surface area contributed by atoms with E-state index in [4.69, 9.17) is 25.1 Å². The fraction of sp³-hybridized carbons (Fsp3) is 0.591. The summed E-state index contributed by atoms with van der Waals surface area (Å²) < 4.78 is 5.93. The number of hydrogen-bond acceptors (Lipinski definition) is 7. The van der Waals surface area contributed by atoms with Crippen LogP contribution in [0, 0.1) is 10.1 Å². The van der Waals surface area contributed by atoms with Crippen LogP contribution in [0.3, 0.4) is 0 Å². The fourth-order valence-electron chi connectivity index (χ4n) is 3.97. The van der Waals surface area contributed by atoms with Crippen molar-refractivity contribution in [3.8, 4) is 0 Å². The molecule has 0 aliphatic rings. The molecule has 0 atom stereocenters. The Bertz CT molecular complexity index is 939. The number of hydrogen-bond donors (Lipinski definition) is 1. The molecule has 11 heteroatoms. The molecule has 1 N–H and O–H groups in total. The summed E-state index contributed by atoms with van der Waals surface area (Å²) >= 11 is 0. The normalized spacial score (nSPS) is 11.5. The Morgan fingerprint density at radius 2 is 0.970 bits per heavy atom. The molecule has 0 aliphatic heterocycles. The molecule has 0 spiro atoms. The quantitative estimate of drug-likeness (QED) is 0.307. The second-order valence-electron chi connectivity index (χ2n) is 9.03. The van der Waals surface area contributed by atoms with E-state index in [0.29, 0.717) is 17.1 Å². The van der Waals surface area contributed by atoms with Crippen LogP contribution in [0.25, 0.3) is 0 Å². The summed E-state index contributed by atoms with van der Waals surface area (Å²) in [5.74, 6) is 3.46. The first-order valence-electron chi connectivity index (χ1n) is 10.7. The summed E-state index contributed by atoms with van der Waals surface area (Å²) in [6, 6.07) is 0. The molecule has 0 aromatic carbocycles. The summed E-state index contributed by atoms with van der Waals surface area (Å²) in [4.78, 5) is 22.4. The van der Waals surface area contributed by atoms with Crippen LogP contribution >= 0.6 is 0 Å². The second kappa shape index (κ2) is 11.1. The number of aromatic nitrogens is 6. The molecule has 33 heavy (non-hydrogen) atoms. The number of nitrogens with zero attached hydrogens (tertiary/aromatic N) is 7. The van der Waals surface area contributed by atoms with E-state index in [2.05, 4.69) is 41.5 Å². The van der Waals surface area contributed by atoms with E-state index in [1.807, 2.05) is 53.4 Å². The maximum Gasteiger partial charge on any atom is 1.00 e. The zero-order chi connectivity index (χ0) is 24.4. The molecule has 3 aromatic rings. The minimum absolute atomic E-state index is 0. The van der Waals surface area contributed by atoms with Gasteiger partial charge in [-0.15, -0.1) is 5.34 Å². The summed E-state index contributed by atoms with van der Waals surface area (Å²) in [5, 5.41) is 21.2. The van der Waals surface area contributed by atoms with Gasteiger partial charge < -0.3 is 28.9 Å². The molecule has 0 saturated heterocycles. The van der Waals surface area contributed by atoms with Crippen LogP contribution in [0.2, 0.25) is 0 Å². The van der Waals surface area contributed by atoms with E-state index < -0.39 is 5.60 Å². The summed E-state index contributed by atoms with van der Waals surface area (Å²) in [6.45, 7) is 12.6. The van der Waals surface area contributed by atoms with E-state index in [0.717, 1.165) is 22.8 Å². The predicted molar refractivity (Wildman–Crippen MR) is 123 cm³/mol. The molecule has 3 rings (SSSR count). The molecule has 10 nitrogen and oxygen atoms in total. The Balaban J connectivity index is 0.00000129. The topological polar surface area (TPSA) is 126 Å². The molecule has 0 amide bonds. The molecule has 0 bridgehead atoms. The molecule has 0 saturated carbocycles. The van der Waals surface area contributed by atoms with Crippen LogP contribution in [0.15, 0.2) is 23.9 Å². The van der Waals surface area contributed by atoms with Gasteiger partial charge in [-0.1, -0.05) is 41.5 Å². The third kappa shape index (κ3) is 5.54. The molecule has 3 aromatic heterocycles.